The summed E-state index contributed by atoms with van der Waals surface area (Å²) >= 11 is 0. The monoisotopic (exact) mass is 280 g/mol. The summed E-state index contributed by atoms with van der Waals surface area (Å²) in [6.07, 6.45) is 3.48. The summed E-state index contributed by atoms with van der Waals surface area (Å²) in [4.78, 5) is 0.190. The fraction of sp³-hybridized carbons (Fsp3) is 0.250. The van der Waals surface area contributed by atoms with Crippen molar-refractivity contribution in [3.8, 4) is 5.69 Å². The van der Waals surface area contributed by atoms with Crippen LogP contribution in [0.4, 0.5) is 5.69 Å². The fourth-order valence-electron chi connectivity index (χ4n) is 1.64. The highest BCUT2D eigenvalue weighted by Crippen LogP contribution is 2.23. The lowest BCUT2D eigenvalue weighted by Crippen LogP contribution is -2.22. The van der Waals surface area contributed by atoms with Crippen LogP contribution in [-0.2, 0) is 10.0 Å². The van der Waals surface area contributed by atoms with Crippen molar-refractivity contribution in [2.75, 3.05) is 19.8 Å². The van der Waals surface area contributed by atoms with Crippen molar-refractivity contribution < 1.29 is 8.42 Å². The number of hydrogen-bond acceptors (Lipinski definition) is 4. The number of sulfonamides is 1. The summed E-state index contributed by atoms with van der Waals surface area (Å²) in [5, 5.41) is 4.14. The normalized spacial score (nSPS) is 12.0. The van der Waals surface area contributed by atoms with Crippen LogP contribution in [0.5, 0.6) is 0 Å². The number of hydrogen-bond donors (Lipinski definition) is 1. The Labute approximate surface area is 112 Å². The molecule has 6 nitrogen and oxygen atoms in total. The van der Waals surface area contributed by atoms with Gasteiger partial charge in [-0.1, -0.05) is 0 Å². The molecule has 102 valence electrons. The molecule has 19 heavy (non-hydrogen) atoms. The summed E-state index contributed by atoms with van der Waals surface area (Å²) in [6, 6.07) is 4.59. The van der Waals surface area contributed by atoms with E-state index >= 15 is 0 Å². The van der Waals surface area contributed by atoms with Gasteiger partial charge in [-0.25, -0.2) is 17.4 Å². The quantitative estimate of drug-likeness (QED) is 0.851. The number of rotatable bonds is 3. The molecule has 0 fully saturated rings. The van der Waals surface area contributed by atoms with Gasteiger partial charge in [0.05, 0.1) is 22.5 Å². The Morgan fingerprint density at radius 2 is 2.00 bits per heavy atom. The van der Waals surface area contributed by atoms with Gasteiger partial charge in [-0.05, 0) is 30.7 Å². The Bertz CT molecular complexity index is 704. The topological polar surface area (TPSA) is 81.2 Å². The van der Waals surface area contributed by atoms with Gasteiger partial charge in [-0.3, -0.25) is 0 Å². The zero-order valence-corrected chi connectivity index (χ0v) is 11.8. The van der Waals surface area contributed by atoms with Crippen LogP contribution >= 0.6 is 0 Å². The van der Waals surface area contributed by atoms with Gasteiger partial charge in [0.25, 0.3) is 0 Å². The molecule has 0 aliphatic heterocycles. The molecule has 2 N–H and O–H groups in total. The van der Waals surface area contributed by atoms with E-state index in [2.05, 4.69) is 5.10 Å². The molecule has 0 amide bonds. The van der Waals surface area contributed by atoms with Crippen LogP contribution in [0, 0.1) is 6.92 Å². The van der Waals surface area contributed by atoms with Gasteiger partial charge in [0, 0.05) is 20.3 Å². The standard InChI is InChI=1S/C12H16N4O2S/c1-9-7-14-16(8-9)12-6-10(4-5-11(12)13)19(17,18)15(2)3/h4-8H,13H2,1-3H3. The van der Waals surface area contributed by atoms with Crippen LogP contribution in [0.3, 0.4) is 0 Å². The van der Waals surface area contributed by atoms with E-state index < -0.39 is 10.0 Å². The highest BCUT2D eigenvalue weighted by atomic mass is 32.2. The molecule has 1 aromatic heterocycles. The van der Waals surface area contributed by atoms with Crippen LogP contribution in [-0.4, -0.2) is 36.6 Å². The predicted octanol–water partition coefficient (Wildman–Crippen LogP) is 1.01. The van der Waals surface area contributed by atoms with Crippen molar-refractivity contribution >= 4 is 15.7 Å². The van der Waals surface area contributed by atoms with E-state index in [1.54, 1.807) is 23.1 Å². The zero-order chi connectivity index (χ0) is 14.2. The minimum Gasteiger partial charge on any atom is -0.397 e. The van der Waals surface area contributed by atoms with Gasteiger partial charge in [0.15, 0.2) is 0 Å². The summed E-state index contributed by atoms with van der Waals surface area (Å²) < 4.78 is 26.9. The van der Waals surface area contributed by atoms with Crippen molar-refractivity contribution in [2.45, 2.75) is 11.8 Å². The lowest BCUT2D eigenvalue weighted by Gasteiger charge is -2.13. The number of nitrogen functional groups attached to an aromatic ring is 1. The molecule has 1 heterocycles. The van der Waals surface area contributed by atoms with E-state index in [0.717, 1.165) is 9.87 Å². The van der Waals surface area contributed by atoms with E-state index in [-0.39, 0.29) is 4.90 Å². The average molecular weight is 280 g/mol. The second kappa shape index (κ2) is 4.67. The van der Waals surface area contributed by atoms with Crippen LogP contribution in [0.2, 0.25) is 0 Å². The molecule has 2 rings (SSSR count). The van der Waals surface area contributed by atoms with Crippen molar-refractivity contribution in [3.05, 3.63) is 36.2 Å². The first-order valence-corrected chi connectivity index (χ1v) is 7.10. The number of nitrogens with zero attached hydrogens (tertiary/aromatic N) is 3. The molecule has 0 saturated carbocycles. The smallest absolute Gasteiger partial charge is 0.242 e. The van der Waals surface area contributed by atoms with Gasteiger partial charge >= 0.3 is 0 Å². The highest BCUT2D eigenvalue weighted by molar-refractivity contribution is 7.89. The van der Waals surface area contributed by atoms with Gasteiger partial charge in [-0.15, -0.1) is 0 Å². The second-order valence-electron chi connectivity index (χ2n) is 4.47. The van der Waals surface area contributed by atoms with Crippen LogP contribution in [0.1, 0.15) is 5.56 Å². The minimum atomic E-state index is -3.48. The molecule has 1 aromatic carbocycles. The molecule has 0 radical (unpaired) electrons. The SMILES string of the molecule is Cc1cnn(-c2cc(S(=O)(=O)N(C)C)ccc2N)c1. The molecule has 0 aliphatic carbocycles. The third-order valence-corrected chi connectivity index (χ3v) is 4.55. The minimum absolute atomic E-state index is 0.190. The Morgan fingerprint density at radius 1 is 1.32 bits per heavy atom. The number of nitrogens with two attached hydrogens (primary N) is 1. The molecule has 0 spiro atoms. The molecular formula is C12H16N4O2S. The Kier molecular flexibility index (Phi) is 3.34. The van der Waals surface area contributed by atoms with E-state index in [1.165, 1.54) is 26.2 Å². The van der Waals surface area contributed by atoms with E-state index in [4.69, 9.17) is 5.73 Å². The van der Waals surface area contributed by atoms with Gasteiger partial charge in [0.1, 0.15) is 0 Å². The molecular weight excluding hydrogens is 264 g/mol. The maximum Gasteiger partial charge on any atom is 0.242 e. The highest BCUT2D eigenvalue weighted by Gasteiger charge is 2.18. The summed E-state index contributed by atoms with van der Waals surface area (Å²) in [6.45, 7) is 1.90. The summed E-state index contributed by atoms with van der Waals surface area (Å²) in [5.74, 6) is 0. The third kappa shape index (κ3) is 2.47. The molecule has 2 aromatic rings. The number of aromatic nitrogens is 2. The number of aryl methyl sites for hydroxylation is 1. The molecule has 0 saturated heterocycles. The summed E-state index contributed by atoms with van der Waals surface area (Å²) in [5.41, 5.74) is 7.88. The maximum absolute atomic E-state index is 12.1. The lowest BCUT2D eigenvalue weighted by molar-refractivity contribution is 0.520. The first kappa shape index (κ1) is 13.6. The van der Waals surface area contributed by atoms with Crippen molar-refractivity contribution in [1.29, 1.82) is 0 Å². The second-order valence-corrected chi connectivity index (χ2v) is 6.62. The predicted molar refractivity (Wildman–Crippen MR) is 73.6 cm³/mol. The molecule has 0 unspecified atom stereocenters. The van der Waals surface area contributed by atoms with Crippen LogP contribution < -0.4 is 5.73 Å². The number of anilines is 1. The Balaban J connectivity index is 2.59. The number of benzene rings is 1. The molecule has 7 heteroatoms. The zero-order valence-electron chi connectivity index (χ0n) is 11.0. The van der Waals surface area contributed by atoms with Crippen LogP contribution in [0.25, 0.3) is 5.69 Å². The fourth-order valence-corrected chi connectivity index (χ4v) is 2.56. The van der Waals surface area contributed by atoms with Crippen molar-refractivity contribution in [2.24, 2.45) is 0 Å². The third-order valence-electron chi connectivity index (χ3n) is 2.74. The van der Waals surface area contributed by atoms with E-state index in [1.807, 2.05) is 6.92 Å². The molecule has 0 atom stereocenters. The van der Waals surface area contributed by atoms with Crippen LogP contribution in [0.15, 0.2) is 35.5 Å². The summed E-state index contributed by atoms with van der Waals surface area (Å²) in [7, 11) is -0.502. The lowest BCUT2D eigenvalue weighted by atomic mass is 10.3. The van der Waals surface area contributed by atoms with Crippen molar-refractivity contribution in [3.63, 3.8) is 0 Å². The van der Waals surface area contributed by atoms with E-state index in [9.17, 15) is 8.42 Å². The molecule has 0 aliphatic rings. The van der Waals surface area contributed by atoms with Gasteiger partial charge < -0.3 is 5.73 Å². The Hall–Kier alpha value is -1.86. The van der Waals surface area contributed by atoms with Crippen molar-refractivity contribution in [1.82, 2.24) is 14.1 Å². The van der Waals surface area contributed by atoms with Gasteiger partial charge in [0.2, 0.25) is 10.0 Å². The molecule has 0 bridgehead atoms. The largest absolute Gasteiger partial charge is 0.397 e. The average Bonchev–Trinajstić information content (AvgIpc) is 2.75. The first-order chi connectivity index (χ1) is 8.82. The van der Waals surface area contributed by atoms with Gasteiger partial charge in [-0.2, -0.15) is 5.10 Å². The maximum atomic E-state index is 12.1. The van der Waals surface area contributed by atoms with E-state index in [0.29, 0.717) is 11.4 Å². The first-order valence-electron chi connectivity index (χ1n) is 5.66. The Morgan fingerprint density at radius 3 is 2.53 bits per heavy atom.